The topological polar surface area (TPSA) is 41.1 Å². The van der Waals surface area contributed by atoms with Gasteiger partial charge in [0.25, 0.3) is 0 Å². The number of rotatable bonds is 7. The molecule has 0 aromatic carbocycles. The molecule has 0 atom stereocenters. The molecule has 0 saturated heterocycles. The van der Waals surface area contributed by atoms with E-state index in [1.807, 2.05) is 24.6 Å². The van der Waals surface area contributed by atoms with Gasteiger partial charge in [0, 0.05) is 30.9 Å². The predicted octanol–water partition coefficient (Wildman–Crippen LogP) is 3.06. The van der Waals surface area contributed by atoms with Crippen LogP contribution in [-0.2, 0) is 13.0 Å². The highest BCUT2D eigenvalue weighted by Gasteiger charge is 2.12. The second-order valence-electron chi connectivity index (χ2n) is 5.50. The van der Waals surface area contributed by atoms with Crippen molar-refractivity contribution < 1.29 is 0 Å². The van der Waals surface area contributed by atoms with Gasteiger partial charge in [-0.15, -0.1) is 11.3 Å². The molecule has 1 N–H and O–H groups in total. The van der Waals surface area contributed by atoms with E-state index in [1.54, 1.807) is 0 Å². The number of likely N-dealkylation sites (N-methyl/N-ethyl adjacent to an activating group) is 1. The lowest BCUT2D eigenvalue weighted by Crippen LogP contribution is -2.24. The molecule has 114 valence electrons. The summed E-state index contributed by atoms with van der Waals surface area (Å²) < 4.78 is 0. The average molecular weight is 304 g/mol. The molecule has 0 aliphatic rings. The third-order valence-electron chi connectivity index (χ3n) is 3.41. The Labute approximate surface area is 131 Å². The monoisotopic (exact) mass is 304 g/mol. The quantitative estimate of drug-likeness (QED) is 0.853. The molecule has 0 aliphatic carbocycles. The molecule has 2 heterocycles. The zero-order chi connectivity index (χ0) is 15.2. The number of nitrogens with one attached hydrogen (secondary N) is 1. The molecule has 0 saturated carbocycles. The number of hydrogen-bond donors (Lipinski definition) is 1. The molecule has 0 radical (unpaired) electrons. The van der Waals surface area contributed by atoms with Gasteiger partial charge in [0.1, 0.15) is 5.82 Å². The molecule has 0 bridgehead atoms. The van der Waals surface area contributed by atoms with E-state index >= 15 is 0 Å². The molecular weight excluding hydrogens is 280 g/mol. The van der Waals surface area contributed by atoms with E-state index < -0.39 is 0 Å². The SMILES string of the molecule is CNCc1nc(C(C)C)ncc1N(C)CCc1cccs1. The molecule has 2 aromatic rings. The molecule has 2 aromatic heterocycles. The number of anilines is 1. The van der Waals surface area contributed by atoms with E-state index in [9.17, 15) is 0 Å². The van der Waals surface area contributed by atoms with Gasteiger partial charge in [-0.25, -0.2) is 9.97 Å². The Morgan fingerprint density at radius 1 is 1.38 bits per heavy atom. The van der Waals surface area contributed by atoms with Crippen LogP contribution in [0.5, 0.6) is 0 Å². The van der Waals surface area contributed by atoms with Crippen molar-refractivity contribution in [2.24, 2.45) is 0 Å². The highest BCUT2D eigenvalue weighted by molar-refractivity contribution is 7.09. The molecule has 5 heteroatoms. The third kappa shape index (κ3) is 4.25. The summed E-state index contributed by atoms with van der Waals surface area (Å²) in [5.74, 6) is 1.27. The van der Waals surface area contributed by atoms with Gasteiger partial charge in [-0.05, 0) is 24.9 Å². The maximum atomic E-state index is 4.72. The van der Waals surface area contributed by atoms with E-state index in [-0.39, 0.29) is 0 Å². The van der Waals surface area contributed by atoms with Crippen molar-refractivity contribution >= 4 is 17.0 Å². The standard InChI is InChI=1S/C16H24N4S/c1-12(2)16-18-11-15(14(19-16)10-17-3)20(4)8-7-13-6-5-9-21-13/h5-6,9,11-12,17H,7-8,10H2,1-4H3. The first-order valence-electron chi connectivity index (χ1n) is 7.35. The first-order chi connectivity index (χ1) is 10.1. The predicted molar refractivity (Wildman–Crippen MR) is 90.2 cm³/mol. The molecule has 0 fully saturated rings. The van der Waals surface area contributed by atoms with Crippen LogP contribution in [0.4, 0.5) is 5.69 Å². The Hall–Kier alpha value is -1.46. The van der Waals surface area contributed by atoms with Crippen molar-refractivity contribution in [3.63, 3.8) is 0 Å². The number of nitrogens with zero attached hydrogens (tertiary/aromatic N) is 3. The second kappa shape index (κ2) is 7.52. The lowest BCUT2D eigenvalue weighted by molar-refractivity contribution is 0.719. The third-order valence-corrected chi connectivity index (χ3v) is 4.35. The van der Waals surface area contributed by atoms with Gasteiger partial charge in [0.05, 0.1) is 17.6 Å². The van der Waals surface area contributed by atoms with Crippen LogP contribution >= 0.6 is 11.3 Å². The normalized spacial score (nSPS) is 11.1. The first-order valence-corrected chi connectivity index (χ1v) is 8.23. The second-order valence-corrected chi connectivity index (χ2v) is 6.53. The fourth-order valence-electron chi connectivity index (χ4n) is 2.17. The fraction of sp³-hybridized carbons (Fsp3) is 0.500. The van der Waals surface area contributed by atoms with Crippen molar-refractivity contribution in [2.45, 2.75) is 32.7 Å². The van der Waals surface area contributed by atoms with Gasteiger partial charge < -0.3 is 10.2 Å². The zero-order valence-corrected chi connectivity index (χ0v) is 14.1. The van der Waals surface area contributed by atoms with Crippen LogP contribution < -0.4 is 10.2 Å². The zero-order valence-electron chi connectivity index (χ0n) is 13.3. The lowest BCUT2D eigenvalue weighted by Gasteiger charge is -2.22. The van der Waals surface area contributed by atoms with Gasteiger partial charge in [-0.3, -0.25) is 0 Å². The summed E-state index contributed by atoms with van der Waals surface area (Å²) in [6, 6.07) is 4.29. The fourth-order valence-corrected chi connectivity index (χ4v) is 2.87. The largest absolute Gasteiger partial charge is 0.371 e. The smallest absolute Gasteiger partial charge is 0.131 e. The Morgan fingerprint density at radius 2 is 2.19 bits per heavy atom. The molecule has 0 amide bonds. The van der Waals surface area contributed by atoms with Gasteiger partial charge in [-0.1, -0.05) is 19.9 Å². The van der Waals surface area contributed by atoms with Crippen LogP contribution in [-0.4, -0.2) is 30.6 Å². The van der Waals surface area contributed by atoms with Crippen LogP contribution in [0.3, 0.4) is 0 Å². The molecule has 2 rings (SSSR count). The number of aromatic nitrogens is 2. The van der Waals surface area contributed by atoms with E-state index in [0.717, 1.165) is 36.7 Å². The molecular formula is C16H24N4S. The Balaban J connectivity index is 2.12. The molecule has 4 nitrogen and oxygen atoms in total. The lowest BCUT2D eigenvalue weighted by atomic mass is 10.2. The summed E-state index contributed by atoms with van der Waals surface area (Å²) in [6.07, 6.45) is 3.02. The van der Waals surface area contributed by atoms with Crippen molar-refractivity contribution in [1.29, 1.82) is 0 Å². The minimum Gasteiger partial charge on any atom is -0.371 e. The van der Waals surface area contributed by atoms with Crippen LogP contribution in [0, 0.1) is 0 Å². The van der Waals surface area contributed by atoms with Crippen LogP contribution in [0.2, 0.25) is 0 Å². The summed E-state index contributed by atoms with van der Waals surface area (Å²) in [4.78, 5) is 12.9. The van der Waals surface area contributed by atoms with Gasteiger partial charge in [-0.2, -0.15) is 0 Å². The van der Waals surface area contributed by atoms with Gasteiger partial charge in [0.15, 0.2) is 0 Å². The Kier molecular flexibility index (Phi) is 5.70. The van der Waals surface area contributed by atoms with Gasteiger partial charge in [0.2, 0.25) is 0 Å². The van der Waals surface area contributed by atoms with Crippen molar-refractivity contribution in [2.75, 3.05) is 25.5 Å². The van der Waals surface area contributed by atoms with Crippen molar-refractivity contribution in [1.82, 2.24) is 15.3 Å². The van der Waals surface area contributed by atoms with Crippen molar-refractivity contribution in [3.8, 4) is 0 Å². The van der Waals surface area contributed by atoms with E-state index in [1.165, 1.54) is 4.88 Å². The van der Waals surface area contributed by atoms with E-state index in [2.05, 4.69) is 53.6 Å². The molecule has 0 aliphatic heterocycles. The van der Waals surface area contributed by atoms with Crippen LogP contribution in [0.15, 0.2) is 23.7 Å². The molecule has 21 heavy (non-hydrogen) atoms. The number of hydrogen-bond acceptors (Lipinski definition) is 5. The van der Waals surface area contributed by atoms with E-state index in [4.69, 9.17) is 4.98 Å². The summed E-state index contributed by atoms with van der Waals surface area (Å²) in [6.45, 7) is 5.99. The highest BCUT2D eigenvalue weighted by atomic mass is 32.1. The minimum atomic E-state index is 0.353. The Bertz CT molecular complexity index is 551. The summed E-state index contributed by atoms with van der Waals surface area (Å²) in [5, 5.41) is 5.33. The van der Waals surface area contributed by atoms with Crippen LogP contribution in [0.1, 0.15) is 36.2 Å². The Morgan fingerprint density at radius 3 is 2.81 bits per heavy atom. The average Bonchev–Trinajstić information content (AvgIpc) is 2.98. The van der Waals surface area contributed by atoms with E-state index in [0.29, 0.717) is 5.92 Å². The minimum absolute atomic E-state index is 0.353. The summed E-state index contributed by atoms with van der Waals surface area (Å²) in [7, 11) is 4.06. The van der Waals surface area contributed by atoms with Crippen molar-refractivity contribution in [3.05, 3.63) is 40.1 Å². The number of thiophene rings is 1. The highest BCUT2D eigenvalue weighted by Crippen LogP contribution is 2.20. The van der Waals surface area contributed by atoms with Gasteiger partial charge >= 0.3 is 0 Å². The molecule has 0 unspecified atom stereocenters. The molecule has 0 spiro atoms. The van der Waals surface area contributed by atoms with Crippen LogP contribution in [0.25, 0.3) is 0 Å². The summed E-state index contributed by atoms with van der Waals surface area (Å²) in [5.41, 5.74) is 2.19. The maximum absolute atomic E-state index is 4.72. The maximum Gasteiger partial charge on any atom is 0.131 e. The summed E-state index contributed by atoms with van der Waals surface area (Å²) >= 11 is 1.81. The first kappa shape index (κ1) is 15.9.